The highest BCUT2D eigenvalue weighted by atomic mass is 79.9. The number of aryl methyl sites for hydroxylation is 1. The molecule has 3 aromatic rings. The zero-order valence-corrected chi connectivity index (χ0v) is 17.1. The second kappa shape index (κ2) is 7.92. The fourth-order valence-corrected chi connectivity index (χ4v) is 3.58. The molecular weight excluding hydrogens is 484 g/mol. The molecule has 0 fully saturated rings. The first-order valence-corrected chi connectivity index (χ1v) is 9.20. The number of carbonyl (C=O) groups excluding carboxylic acids is 1. The zero-order valence-electron chi connectivity index (χ0n) is 13.9. The lowest BCUT2D eigenvalue weighted by Crippen LogP contribution is -2.21. The van der Waals surface area contributed by atoms with Crippen molar-refractivity contribution in [1.29, 1.82) is 0 Å². The number of benzene rings is 2. The number of anilines is 1. The number of tetrazole rings is 1. The Morgan fingerprint density at radius 1 is 1.22 bits per heavy atom. The molecule has 138 valence electrons. The van der Waals surface area contributed by atoms with E-state index >= 15 is 0 Å². The van der Waals surface area contributed by atoms with Crippen LogP contribution in [0.5, 0.6) is 0 Å². The van der Waals surface area contributed by atoms with E-state index in [1.54, 1.807) is 0 Å². The maximum atomic E-state index is 12.3. The van der Waals surface area contributed by atoms with E-state index in [9.17, 15) is 14.9 Å². The molecule has 1 heterocycles. The molecule has 27 heavy (non-hydrogen) atoms. The molecule has 1 aromatic heterocycles. The average molecular weight is 496 g/mol. The van der Waals surface area contributed by atoms with E-state index in [1.807, 2.05) is 31.2 Å². The number of nitro groups is 1. The molecule has 0 spiro atoms. The van der Waals surface area contributed by atoms with Crippen molar-refractivity contribution in [1.82, 2.24) is 20.2 Å². The fraction of sp³-hybridized carbons (Fsp3) is 0.125. The molecule has 0 aliphatic rings. The van der Waals surface area contributed by atoms with Gasteiger partial charge in [0.05, 0.1) is 10.6 Å². The Morgan fingerprint density at radius 3 is 2.44 bits per heavy atom. The first-order valence-electron chi connectivity index (χ1n) is 7.61. The lowest BCUT2D eigenvalue weighted by atomic mass is 10.1. The van der Waals surface area contributed by atoms with Gasteiger partial charge in [0.25, 0.3) is 5.69 Å². The predicted octanol–water partition coefficient (Wildman–Crippen LogP) is 3.72. The molecule has 1 N–H and O–H groups in total. The Bertz CT molecular complexity index is 996. The van der Waals surface area contributed by atoms with Crippen LogP contribution in [0.15, 0.2) is 45.3 Å². The van der Waals surface area contributed by atoms with Crippen LogP contribution in [-0.4, -0.2) is 31.0 Å². The van der Waals surface area contributed by atoms with Crippen LogP contribution >= 0.6 is 31.9 Å². The number of carbonyl (C=O) groups is 1. The van der Waals surface area contributed by atoms with E-state index in [0.29, 0.717) is 20.5 Å². The molecule has 0 saturated carbocycles. The Balaban J connectivity index is 1.72. The van der Waals surface area contributed by atoms with Gasteiger partial charge < -0.3 is 5.32 Å². The summed E-state index contributed by atoms with van der Waals surface area (Å²) in [4.78, 5) is 23.8. The molecule has 0 aliphatic heterocycles. The molecule has 9 nitrogen and oxygen atoms in total. The van der Waals surface area contributed by atoms with Gasteiger partial charge in [-0.1, -0.05) is 29.8 Å². The first-order chi connectivity index (χ1) is 12.8. The standard InChI is InChI=1S/C16H12Br2N6O3/c1-9-2-4-10(5-3-9)16-20-22-23(21-16)8-14(25)19-15-12(17)6-11(24(26)27)7-13(15)18/h2-7H,8H2,1H3,(H,19,25). The molecule has 0 saturated heterocycles. The van der Waals surface area contributed by atoms with Crippen molar-refractivity contribution in [2.75, 3.05) is 5.32 Å². The van der Waals surface area contributed by atoms with E-state index in [-0.39, 0.29) is 12.2 Å². The van der Waals surface area contributed by atoms with Crippen LogP contribution in [0.25, 0.3) is 11.4 Å². The van der Waals surface area contributed by atoms with Gasteiger partial charge in [-0.3, -0.25) is 14.9 Å². The molecule has 11 heteroatoms. The van der Waals surface area contributed by atoms with Gasteiger partial charge in [-0.15, -0.1) is 10.2 Å². The van der Waals surface area contributed by atoms with E-state index in [1.165, 1.54) is 16.9 Å². The van der Waals surface area contributed by atoms with Crippen LogP contribution in [-0.2, 0) is 11.3 Å². The first kappa shape index (κ1) is 19.1. The highest BCUT2D eigenvalue weighted by Gasteiger charge is 2.17. The SMILES string of the molecule is Cc1ccc(-c2nnn(CC(=O)Nc3c(Br)cc([N+](=O)[O-])cc3Br)n2)cc1. The Hall–Kier alpha value is -2.66. The molecule has 0 atom stereocenters. The number of nitrogens with zero attached hydrogens (tertiary/aromatic N) is 5. The number of amides is 1. The van der Waals surface area contributed by atoms with E-state index < -0.39 is 10.8 Å². The summed E-state index contributed by atoms with van der Waals surface area (Å²) in [7, 11) is 0. The number of rotatable bonds is 5. The summed E-state index contributed by atoms with van der Waals surface area (Å²) in [6.07, 6.45) is 0. The fourth-order valence-electron chi connectivity index (χ4n) is 2.22. The van der Waals surface area contributed by atoms with Gasteiger partial charge in [-0.25, -0.2) is 0 Å². The van der Waals surface area contributed by atoms with Gasteiger partial charge >= 0.3 is 0 Å². The minimum absolute atomic E-state index is 0.104. The number of hydrogen-bond donors (Lipinski definition) is 1. The number of aromatic nitrogens is 4. The van der Waals surface area contributed by atoms with Crippen molar-refractivity contribution in [3.63, 3.8) is 0 Å². The highest BCUT2D eigenvalue weighted by Crippen LogP contribution is 2.35. The van der Waals surface area contributed by atoms with Gasteiger partial charge in [0.2, 0.25) is 11.7 Å². The molecular formula is C16H12Br2N6O3. The lowest BCUT2D eigenvalue weighted by molar-refractivity contribution is -0.385. The Labute approximate surface area is 170 Å². The third-order valence-corrected chi connectivity index (χ3v) is 4.80. The van der Waals surface area contributed by atoms with Gasteiger partial charge in [-0.05, 0) is 44.0 Å². The second-order valence-electron chi connectivity index (χ2n) is 5.60. The van der Waals surface area contributed by atoms with E-state index in [4.69, 9.17) is 0 Å². The minimum Gasteiger partial charge on any atom is -0.322 e. The monoisotopic (exact) mass is 494 g/mol. The maximum absolute atomic E-state index is 12.3. The normalized spacial score (nSPS) is 10.6. The van der Waals surface area contributed by atoms with Crippen LogP contribution in [0.4, 0.5) is 11.4 Å². The number of halogens is 2. The number of hydrogen-bond acceptors (Lipinski definition) is 6. The van der Waals surface area contributed by atoms with Crippen molar-refractivity contribution < 1.29 is 9.72 Å². The third-order valence-electron chi connectivity index (χ3n) is 3.55. The van der Waals surface area contributed by atoms with Crippen molar-refractivity contribution in [3.05, 3.63) is 61.0 Å². The zero-order chi connectivity index (χ0) is 19.6. The van der Waals surface area contributed by atoms with E-state index in [0.717, 1.165) is 11.1 Å². The van der Waals surface area contributed by atoms with Gasteiger partial charge in [-0.2, -0.15) is 4.80 Å². The van der Waals surface area contributed by atoms with Gasteiger partial charge in [0.15, 0.2) is 0 Å². The van der Waals surface area contributed by atoms with Gasteiger partial charge in [0, 0.05) is 26.6 Å². The minimum atomic E-state index is -0.521. The predicted molar refractivity (Wildman–Crippen MR) is 105 cm³/mol. The quantitative estimate of drug-likeness (QED) is 0.426. The van der Waals surface area contributed by atoms with Crippen LogP contribution in [0.1, 0.15) is 5.56 Å². The third kappa shape index (κ3) is 4.55. The van der Waals surface area contributed by atoms with Gasteiger partial charge in [0.1, 0.15) is 6.54 Å². The molecule has 0 bridgehead atoms. The van der Waals surface area contributed by atoms with Crippen molar-refractivity contribution in [3.8, 4) is 11.4 Å². The van der Waals surface area contributed by atoms with E-state index in [2.05, 4.69) is 52.6 Å². The molecule has 2 aromatic carbocycles. The largest absolute Gasteiger partial charge is 0.322 e. The summed E-state index contributed by atoms with van der Waals surface area (Å²) in [5, 5.41) is 25.6. The lowest BCUT2D eigenvalue weighted by Gasteiger charge is -2.09. The van der Waals surface area contributed by atoms with Crippen LogP contribution in [0.3, 0.4) is 0 Å². The topological polar surface area (TPSA) is 116 Å². The average Bonchev–Trinajstić information content (AvgIpc) is 3.06. The smallest absolute Gasteiger partial charge is 0.271 e. The Morgan fingerprint density at radius 2 is 1.85 bits per heavy atom. The highest BCUT2D eigenvalue weighted by molar-refractivity contribution is 9.11. The molecule has 0 unspecified atom stereocenters. The number of non-ortho nitro benzene ring substituents is 1. The Kier molecular flexibility index (Phi) is 5.61. The van der Waals surface area contributed by atoms with Crippen LogP contribution < -0.4 is 5.32 Å². The number of nitrogens with one attached hydrogen (secondary N) is 1. The van der Waals surface area contributed by atoms with Crippen LogP contribution in [0.2, 0.25) is 0 Å². The maximum Gasteiger partial charge on any atom is 0.271 e. The summed E-state index contributed by atoms with van der Waals surface area (Å²) in [5.41, 5.74) is 2.19. The molecule has 3 rings (SSSR count). The summed E-state index contributed by atoms with van der Waals surface area (Å²) in [6.45, 7) is 1.82. The molecule has 1 amide bonds. The second-order valence-corrected chi connectivity index (χ2v) is 7.31. The van der Waals surface area contributed by atoms with Crippen molar-refractivity contribution in [2.24, 2.45) is 0 Å². The molecule has 0 aliphatic carbocycles. The summed E-state index contributed by atoms with van der Waals surface area (Å²) >= 11 is 6.44. The molecule has 0 radical (unpaired) electrons. The summed E-state index contributed by atoms with van der Waals surface area (Å²) < 4.78 is 0.757. The van der Waals surface area contributed by atoms with Crippen molar-refractivity contribution in [2.45, 2.75) is 13.5 Å². The van der Waals surface area contributed by atoms with Crippen molar-refractivity contribution >= 4 is 49.1 Å². The summed E-state index contributed by atoms with van der Waals surface area (Å²) in [5.74, 6) is 0.0126. The number of nitro benzene ring substituents is 1. The van der Waals surface area contributed by atoms with Crippen LogP contribution in [0, 0.1) is 17.0 Å². The summed E-state index contributed by atoms with van der Waals surface area (Å²) in [6, 6.07) is 10.2.